The van der Waals surface area contributed by atoms with Gasteiger partial charge in [0, 0.05) is 0 Å². The van der Waals surface area contributed by atoms with Crippen molar-refractivity contribution in [2.75, 3.05) is 11.9 Å². The molecule has 2 aromatic rings. The van der Waals surface area contributed by atoms with Crippen molar-refractivity contribution in [1.29, 1.82) is 5.26 Å². The number of phenols is 1. The molecule has 0 aliphatic carbocycles. The van der Waals surface area contributed by atoms with E-state index >= 15 is 0 Å². The number of carbonyl (C=O) groups excluding carboxylic acids is 3. The van der Waals surface area contributed by atoms with Crippen molar-refractivity contribution in [2.24, 2.45) is 5.92 Å². The number of alkyl carbamates (subject to hydrolysis) is 1. The van der Waals surface area contributed by atoms with E-state index in [9.17, 15) is 24.8 Å². The Labute approximate surface area is 235 Å². The number of amides is 3. The Morgan fingerprint density at radius 3 is 2.36 bits per heavy atom. The lowest BCUT2D eigenvalue weighted by molar-refractivity contribution is -0.141. The molecule has 10 heteroatoms. The van der Waals surface area contributed by atoms with Gasteiger partial charge >= 0.3 is 6.09 Å². The van der Waals surface area contributed by atoms with Gasteiger partial charge in [0.15, 0.2) is 0 Å². The highest BCUT2D eigenvalue weighted by Crippen LogP contribution is 2.31. The number of halogens is 1. The van der Waals surface area contributed by atoms with Crippen molar-refractivity contribution in [3.63, 3.8) is 0 Å². The zero-order chi connectivity index (χ0) is 29.5. The number of anilines is 1. The molecule has 39 heavy (non-hydrogen) atoms. The molecule has 0 radical (unpaired) electrons. The minimum absolute atomic E-state index is 0.0158. The Kier molecular flexibility index (Phi) is 10.8. The molecule has 0 saturated carbocycles. The second-order valence-corrected chi connectivity index (χ2v) is 10.9. The van der Waals surface area contributed by atoms with Gasteiger partial charge in [0.25, 0.3) is 5.91 Å². The molecule has 3 atom stereocenters. The average molecular weight is 557 g/mol. The van der Waals surface area contributed by atoms with Gasteiger partial charge in [-0.05, 0) is 75.4 Å². The predicted octanol–water partition coefficient (Wildman–Crippen LogP) is 5.63. The highest BCUT2D eigenvalue weighted by molar-refractivity contribution is 6.34. The van der Waals surface area contributed by atoms with Crippen molar-refractivity contribution < 1.29 is 24.2 Å². The highest BCUT2D eigenvalue weighted by Gasteiger charge is 2.38. The Bertz CT molecular complexity index is 1230. The summed E-state index contributed by atoms with van der Waals surface area (Å²) in [5, 5.41) is 25.6. The van der Waals surface area contributed by atoms with Crippen LogP contribution in [0.25, 0.3) is 0 Å². The molecule has 2 aromatic carbocycles. The quantitative estimate of drug-likeness (QED) is 0.343. The third-order valence-electron chi connectivity index (χ3n) is 6.24. The van der Waals surface area contributed by atoms with Crippen LogP contribution in [0.5, 0.6) is 5.75 Å². The van der Waals surface area contributed by atoms with Crippen LogP contribution >= 0.6 is 11.6 Å². The Hall–Kier alpha value is -3.77. The number of phenolic OH excluding ortho intramolecular Hbond substituents is 1. The molecule has 9 nitrogen and oxygen atoms in total. The topological polar surface area (TPSA) is 132 Å². The molecule has 0 aliphatic heterocycles. The molecule has 0 saturated heterocycles. The zero-order valence-electron chi connectivity index (χ0n) is 23.5. The molecule has 3 N–H and O–H groups in total. The standard InChI is InChI=1S/C29H37ClN4O5/c1-8-17(2)24(33-28(38)39-29(5,6)7)27(37)34(15-14-31)25(20-12-13-22(35)19(4)16-20)26(36)32-23-18(3)10-9-11-21(23)30/h9-13,16-17,24-25,35H,8,15H2,1-7H3,(H,32,36)(H,33,38). The Morgan fingerprint density at radius 2 is 1.82 bits per heavy atom. The summed E-state index contributed by atoms with van der Waals surface area (Å²) in [5.74, 6) is -1.57. The summed E-state index contributed by atoms with van der Waals surface area (Å²) in [6.07, 6.45) is -0.258. The van der Waals surface area contributed by atoms with Crippen molar-refractivity contribution in [2.45, 2.75) is 72.6 Å². The van der Waals surface area contributed by atoms with Gasteiger partial charge in [-0.25, -0.2) is 4.79 Å². The number of nitrogens with one attached hydrogen (secondary N) is 2. The van der Waals surface area contributed by atoms with Gasteiger partial charge in [0.1, 0.15) is 30.0 Å². The van der Waals surface area contributed by atoms with E-state index in [0.717, 1.165) is 4.90 Å². The van der Waals surface area contributed by atoms with Crippen LogP contribution in [0.15, 0.2) is 36.4 Å². The SMILES string of the molecule is CCC(C)C(NC(=O)OC(C)(C)C)C(=O)N(CC#N)C(C(=O)Nc1c(C)cccc1Cl)c1ccc(O)c(C)c1. The Morgan fingerprint density at radius 1 is 1.15 bits per heavy atom. The van der Waals surface area contributed by atoms with E-state index in [4.69, 9.17) is 16.3 Å². The zero-order valence-corrected chi connectivity index (χ0v) is 24.2. The van der Waals surface area contributed by atoms with Gasteiger partial charge < -0.3 is 25.4 Å². The molecule has 0 fully saturated rings. The highest BCUT2D eigenvalue weighted by atomic mass is 35.5. The smallest absolute Gasteiger partial charge is 0.408 e. The summed E-state index contributed by atoms with van der Waals surface area (Å²) in [6, 6.07) is 9.30. The number of rotatable bonds is 9. The lowest BCUT2D eigenvalue weighted by Crippen LogP contribution is -2.54. The molecular formula is C29H37ClN4O5. The number of aryl methyl sites for hydroxylation is 2. The number of benzene rings is 2. The summed E-state index contributed by atoms with van der Waals surface area (Å²) in [4.78, 5) is 41.7. The first-order chi connectivity index (χ1) is 18.2. The fraction of sp³-hybridized carbons (Fsp3) is 0.448. The second-order valence-electron chi connectivity index (χ2n) is 10.5. The van der Waals surface area contributed by atoms with Crippen LogP contribution < -0.4 is 10.6 Å². The van der Waals surface area contributed by atoms with E-state index in [1.165, 1.54) is 12.1 Å². The van der Waals surface area contributed by atoms with Crippen LogP contribution in [0, 0.1) is 31.1 Å². The van der Waals surface area contributed by atoms with Crippen molar-refractivity contribution in [3.8, 4) is 11.8 Å². The predicted molar refractivity (Wildman–Crippen MR) is 150 cm³/mol. The van der Waals surface area contributed by atoms with E-state index in [0.29, 0.717) is 33.8 Å². The number of nitriles is 1. The van der Waals surface area contributed by atoms with Crippen LogP contribution in [0.2, 0.25) is 5.02 Å². The summed E-state index contributed by atoms with van der Waals surface area (Å²) in [7, 11) is 0. The molecule has 0 bridgehead atoms. The number of ether oxygens (including phenoxy) is 1. The van der Waals surface area contributed by atoms with Gasteiger partial charge in [-0.2, -0.15) is 5.26 Å². The van der Waals surface area contributed by atoms with E-state index in [1.807, 2.05) is 13.0 Å². The molecular weight excluding hydrogens is 520 g/mol. The molecule has 0 aromatic heterocycles. The fourth-order valence-electron chi connectivity index (χ4n) is 3.97. The van der Waals surface area contributed by atoms with Crippen LogP contribution in [-0.4, -0.2) is 46.1 Å². The average Bonchev–Trinajstić information content (AvgIpc) is 2.84. The Balaban J connectivity index is 2.61. The third kappa shape index (κ3) is 8.36. The number of para-hydroxylation sites is 1. The number of hydrogen-bond donors (Lipinski definition) is 3. The van der Waals surface area contributed by atoms with Crippen LogP contribution in [0.1, 0.15) is 63.8 Å². The van der Waals surface area contributed by atoms with E-state index in [1.54, 1.807) is 65.8 Å². The van der Waals surface area contributed by atoms with E-state index in [2.05, 4.69) is 10.6 Å². The summed E-state index contributed by atoms with van der Waals surface area (Å²) in [5.41, 5.74) is 1.14. The fourth-order valence-corrected chi connectivity index (χ4v) is 4.24. The normalized spacial score (nSPS) is 13.4. The van der Waals surface area contributed by atoms with Gasteiger partial charge in [-0.1, -0.05) is 50.1 Å². The van der Waals surface area contributed by atoms with Crippen molar-refractivity contribution in [1.82, 2.24) is 10.2 Å². The van der Waals surface area contributed by atoms with Crippen LogP contribution in [0.3, 0.4) is 0 Å². The van der Waals surface area contributed by atoms with Crippen LogP contribution in [-0.2, 0) is 14.3 Å². The second kappa shape index (κ2) is 13.3. The number of carbonyl (C=O) groups is 3. The first-order valence-corrected chi connectivity index (χ1v) is 13.1. The molecule has 0 aliphatic rings. The monoisotopic (exact) mass is 556 g/mol. The van der Waals surface area contributed by atoms with Crippen LogP contribution in [0.4, 0.5) is 10.5 Å². The molecule has 0 spiro atoms. The maximum Gasteiger partial charge on any atom is 0.408 e. The maximum absolute atomic E-state index is 14.0. The molecule has 0 heterocycles. The van der Waals surface area contributed by atoms with Gasteiger partial charge in [0.2, 0.25) is 5.91 Å². The van der Waals surface area contributed by atoms with Gasteiger partial charge in [0.05, 0.1) is 16.8 Å². The van der Waals surface area contributed by atoms with Gasteiger partial charge in [-0.3, -0.25) is 9.59 Å². The maximum atomic E-state index is 14.0. The van der Waals surface area contributed by atoms with Gasteiger partial charge in [-0.15, -0.1) is 0 Å². The molecule has 210 valence electrons. The molecule has 2 rings (SSSR count). The number of hydrogen-bond acceptors (Lipinski definition) is 6. The molecule has 3 amide bonds. The minimum Gasteiger partial charge on any atom is -0.508 e. The van der Waals surface area contributed by atoms with Crippen molar-refractivity contribution >= 4 is 35.2 Å². The lowest BCUT2D eigenvalue weighted by atomic mass is 9.95. The summed E-state index contributed by atoms with van der Waals surface area (Å²) < 4.78 is 5.37. The lowest BCUT2D eigenvalue weighted by Gasteiger charge is -2.35. The largest absolute Gasteiger partial charge is 0.508 e. The summed E-state index contributed by atoms with van der Waals surface area (Å²) in [6.45, 7) is 11.8. The molecule has 3 unspecified atom stereocenters. The first kappa shape index (κ1) is 31.4. The number of aromatic hydroxyl groups is 1. The third-order valence-corrected chi connectivity index (χ3v) is 6.56. The first-order valence-electron chi connectivity index (χ1n) is 12.7. The summed E-state index contributed by atoms with van der Waals surface area (Å²) >= 11 is 6.35. The van der Waals surface area contributed by atoms with E-state index in [-0.39, 0.29) is 11.7 Å². The van der Waals surface area contributed by atoms with Crippen molar-refractivity contribution in [3.05, 3.63) is 58.1 Å². The van der Waals surface area contributed by atoms with E-state index < -0.39 is 42.1 Å². The number of nitrogens with zero attached hydrogens (tertiary/aromatic N) is 2. The minimum atomic E-state index is -1.28.